The van der Waals surface area contributed by atoms with Gasteiger partial charge in [-0.15, -0.1) is 13.2 Å². The van der Waals surface area contributed by atoms with E-state index in [-0.39, 0.29) is 12.1 Å². The Morgan fingerprint density at radius 2 is 1.55 bits per heavy atom. The summed E-state index contributed by atoms with van der Waals surface area (Å²) in [7, 11) is 0. The van der Waals surface area contributed by atoms with Crippen LogP contribution in [-0.2, 0) is 6.18 Å². The van der Waals surface area contributed by atoms with Crippen LogP contribution in [0.3, 0.4) is 0 Å². The molecule has 0 fully saturated rings. The van der Waals surface area contributed by atoms with E-state index in [1.54, 1.807) is 4.98 Å². The minimum absolute atomic E-state index is 0.0220. The van der Waals surface area contributed by atoms with Gasteiger partial charge in [-0.3, -0.25) is 4.79 Å². The molecule has 156 valence electrons. The molecule has 1 heterocycles. The lowest BCUT2D eigenvalue weighted by atomic mass is 9.94. The Morgan fingerprint density at radius 3 is 2.00 bits per heavy atom. The van der Waals surface area contributed by atoms with Crippen LogP contribution < -0.4 is 16.0 Å². The smallest absolute Gasteiger partial charge is 0.478 e. The molecule has 0 aliphatic heterocycles. The Labute approximate surface area is 155 Å². The molecular formula is C15H8F6N2O6. The van der Waals surface area contributed by atoms with Crippen LogP contribution >= 0.6 is 0 Å². The molecule has 0 bridgehead atoms. The molecule has 1 aromatic carbocycles. The number of anilines is 1. The van der Waals surface area contributed by atoms with Gasteiger partial charge >= 0.3 is 24.5 Å². The largest absolute Gasteiger partial charge is 0.573 e. The minimum atomic E-state index is -5.48. The number of hydrogen-bond acceptors (Lipinski definition) is 5. The van der Waals surface area contributed by atoms with E-state index in [2.05, 4.69) is 4.74 Å². The fraction of sp³-hybridized carbons (Fsp3) is 0.133. The van der Waals surface area contributed by atoms with Crippen molar-refractivity contribution in [2.24, 2.45) is 0 Å². The normalized spacial score (nSPS) is 11.9. The number of aromatic amines is 1. The van der Waals surface area contributed by atoms with Gasteiger partial charge in [0.25, 0.3) is 5.56 Å². The van der Waals surface area contributed by atoms with E-state index in [4.69, 9.17) is 5.73 Å². The maximum atomic E-state index is 13.2. The van der Waals surface area contributed by atoms with Gasteiger partial charge in [0.15, 0.2) is 0 Å². The summed E-state index contributed by atoms with van der Waals surface area (Å²) in [5.41, 5.74) is -2.25. The summed E-state index contributed by atoms with van der Waals surface area (Å²) in [5, 5.41) is 18.4. The van der Waals surface area contributed by atoms with Crippen molar-refractivity contribution < 1.29 is 50.9 Å². The second kappa shape index (κ2) is 7.03. The maximum Gasteiger partial charge on any atom is 0.573 e. The summed E-state index contributed by atoms with van der Waals surface area (Å²) in [6.07, 6.45) is -10.9. The average Bonchev–Trinajstić information content (AvgIpc) is 2.50. The van der Waals surface area contributed by atoms with Crippen molar-refractivity contribution in [3.05, 3.63) is 45.2 Å². The number of aromatic nitrogens is 1. The third-order valence-corrected chi connectivity index (χ3v) is 3.47. The predicted octanol–water partition coefficient (Wildman–Crippen LogP) is 2.94. The van der Waals surface area contributed by atoms with Crippen LogP contribution in [0.1, 0.15) is 26.3 Å². The number of ether oxygens (including phenoxy) is 1. The Kier molecular flexibility index (Phi) is 5.23. The Morgan fingerprint density at radius 1 is 1.00 bits per heavy atom. The van der Waals surface area contributed by atoms with E-state index >= 15 is 0 Å². The average molecular weight is 426 g/mol. The second-order valence-corrected chi connectivity index (χ2v) is 5.36. The number of nitrogen functional groups attached to an aromatic ring is 1. The summed E-state index contributed by atoms with van der Waals surface area (Å²) in [6.45, 7) is 0. The fourth-order valence-corrected chi connectivity index (χ4v) is 2.46. The van der Waals surface area contributed by atoms with Gasteiger partial charge in [0.1, 0.15) is 22.7 Å². The number of carbonyl (C=O) groups is 2. The molecule has 14 heteroatoms. The Bertz CT molecular complexity index is 1060. The third-order valence-electron chi connectivity index (χ3n) is 3.47. The first-order chi connectivity index (χ1) is 13.1. The van der Waals surface area contributed by atoms with Crippen molar-refractivity contribution in [2.75, 3.05) is 5.73 Å². The number of H-pyrrole nitrogens is 1. The van der Waals surface area contributed by atoms with Crippen molar-refractivity contribution in [1.82, 2.24) is 4.98 Å². The predicted molar refractivity (Wildman–Crippen MR) is 82.5 cm³/mol. The first-order valence-corrected chi connectivity index (χ1v) is 7.13. The summed E-state index contributed by atoms with van der Waals surface area (Å²) in [5.74, 6) is -6.44. The highest BCUT2D eigenvalue weighted by molar-refractivity contribution is 6.07. The number of alkyl halides is 6. The van der Waals surface area contributed by atoms with Crippen LogP contribution in [-0.4, -0.2) is 33.5 Å². The molecule has 0 radical (unpaired) electrons. The van der Waals surface area contributed by atoms with Crippen molar-refractivity contribution in [3.8, 4) is 16.9 Å². The molecule has 0 atom stereocenters. The van der Waals surface area contributed by atoms with E-state index < -0.39 is 69.4 Å². The molecule has 5 N–H and O–H groups in total. The minimum Gasteiger partial charge on any atom is -0.478 e. The zero-order valence-corrected chi connectivity index (χ0v) is 13.6. The standard InChI is InChI=1S/C15H8F6N2O6/c16-14(17,18)5-3-4(1-2-6(5)29-15(19,20)21)7-8(12(25)26)10(22)23-11(24)9(7)13(27)28/h1-3H,(H,25,26)(H,27,28)(H3,22,23,24). The van der Waals surface area contributed by atoms with Gasteiger partial charge in [-0.2, -0.15) is 13.2 Å². The van der Waals surface area contributed by atoms with Gasteiger partial charge in [-0.25, -0.2) is 9.59 Å². The Balaban J connectivity index is 2.93. The zero-order valence-electron chi connectivity index (χ0n) is 13.6. The molecule has 2 aromatic rings. The number of pyridine rings is 1. The van der Waals surface area contributed by atoms with Gasteiger partial charge in [0.2, 0.25) is 0 Å². The number of halogens is 6. The van der Waals surface area contributed by atoms with Gasteiger partial charge in [0, 0.05) is 5.56 Å². The lowest BCUT2D eigenvalue weighted by Crippen LogP contribution is -2.24. The number of rotatable bonds is 4. The SMILES string of the molecule is Nc1[nH]c(=O)c(C(=O)O)c(-c2ccc(OC(F)(F)F)c(C(F)(F)F)c2)c1C(=O)O. The third kappa shape index (κ3) is 4.41. The zero-order chi connectivity index (χ0) is 22.3. The highest BCUT2D eigenvalue weighted by Gasteiger charge is 2.40. The number of benzene rings is 1. The lowest BCUT2D eigenvalue weighted by Gasteiger charge is -2.18. The van der Waals surface area contributed by atoms with Crippen LogP contribution in [0.15, 0.2) is 23.0 Å². The van der Waals surface area contributed by atoms with Crippen molar-refractivity contribution in [3.63, 3.8) is 0 Å². The summed E-state index contributed by atoms with van der Waals surface area (Å²) in [4.78, 5) is 36.5. The number of hydrogen-bond donors (Lipinski definition) is 4. The van der Waals surface area contributed by atoms with Crippen molar-refractivity contribution >= 4 is 17.8 Å². The Hall–Kier alpha value is -3.71. The molecule has 0 spiro atoms. The number of aromatic carboxylic acids is 2. The number of nitrogens with one attached hydrogen (secondary N) is 1. The summed E-state index contributed by atoms with van der Waals surface area (Å²) < 4.78 is 80.1. The van der Waals surface area contributed by atoms with Crippen LogP contribution in [0.2, 0.25) is 0 Å². The molecular weight excluding hydrogens is 418 g/mol. The molecule has 2 rings (SSSR count). The van der Waals surface area contributed by atoms with Crippen molar-refractivity contribution in [1.29, 1.82) is 0 Å². The molecule has 0 saturated heterocycles. The molecule has 0 aliphatic carbocycles. The fourth-order valence-electron chi connectivity index (χ4n) is 2.46. The highest BCUT2D eigenvalue weighted by Crippen LogP contribution is 2.41. The van der Waals surface area contributed by atoms with Crippen LogP contribution in [0.4, 0.5) is 32.2 Å². The van der Waals surface area contributed by atoms with Gasteiger partial charge < -0.3 is 25.7 Å². The van der Waals surface area contributed by atoms with Gasteiger partial charge in [-0.1, -0.05) is 6.07 Å². The van der Waals surface area contributed by atoms with Gasteiger partial charge in [0.05, 0.1) is 5.56 Å². The van der Waals surface area contributed by atoms with E-state index in [1.807, 2.05) is 0 Å². The highest BCUT2D eigenvalue weighted by atomic mass is 19.4. The van der Waals surface area contributed by atoms with E-state index in [9.17, 15) is 50.9 Å². The molecule has 0 amide bonds. The molecule has 1 aromatic heterocycles. The molecule has 0 unspecified atom stereocenters. The number of carboxylic acid groups (broad SMARTS) is 2. The van der Waals surface area contributed by atoms with Crippen LogP contribution in [0, 0.1) is 0 Å². The van der Waals surface area contributed by atoms with Crippen molar-refractivity contribution in [2.45, 2.75) is 12.5 Å². The quantitative estimate of drug-likeness (QED) is 0.551. The number of carboxylic acids is 2. The van der Waals surface area contributed by atoms with Gasteiger partial charge in [-0.05, 0) is 17.7 Å². The van der Waals surface area contributed by atoms with Crippen LogP contribution in [0.5, 0.6) is 5.75 Å². The lowest BCUT2D eigenvalue weighted by molar-refractivity contribution is -0.276. The first kappa shape index (κ1) is 21.6. The summed E-state index contributed by atoms with van der Waals surface area (Å²) in [6, 6.07) is 0.762. The van der Waals surface area contributed by atoms with E-state index in [0.29, 0.717) is 6.07 Å². The van der Waals surface area contributed by atoms with E-state index in [0.717, 1.165) is 0 Å². The maximum absolute atomic E-state index is 13.2. The second-order valence-electron chi connectivity index (χ2n) is 5.36. The topological polar surface area (TPSA) is 143 Å². The molecule has 8 nitrogen and oxygen atoms in total. The molecule has 0 aliphatic rings. The summed E-state index contributed by atoms with van der Waals surface area (Å²) >= 11 is 0. The van der Waals surface area contributed by atoms with E-state index in [1.165, 1.54) is 0 Å². The monoisotopic (exact) mass is 426 g/mol. The molecule has 29 heavy (non-hydrogen) atoms. The number of nitrogens with two attached hydrogens (primary N) is 1. The molecule has 0 saturated carbocycles. The van der Waals surface area contributed by atoms with Crippen LogP contribution in [0.25, 0.3) is 11.1 Å². The first-order valence-electron chi connectivity index (χ1n) is 7.13.